The van der Waals surface area contributed by atoms with Crippen molar-refractivity contribution in [3.8, 4) is 11.5 Å². The number of hydrogen-bond acceptors (Lipinski definition) is 5. The second-order valence-corrected chi connectivity index (χ2v) is 3.72. The van der Waals surface area contributed by atoms with Gasteiger partial charge in [-0.2, -0.15) is 0 Å². The molecular weight excluding hydrogens is 222 g/mol. The van der Waals surface area contributed by atoms with Crippen molar-refractivity contribution < 1.29 is 19.7 Å². The van der Waals surface area contributed by atoms with Gasteiger partial charge in [0.2, 0.25) is 0 Å². The van der Waals surface area contributed by atoms with Crippen molar-refractivity contribution in [2.45, 2.75) is 19.1 Å². The van der Waals surface area contributed by atoms with Crippen molar-refractivity contribution in [1.29, 1.82) is 0 Å². The minimum Gasteiger partial charge on any atom is -0.493 e. The molecule has 5 nitrogen and oxygen atoms in total. The van der Waals surface area contributed by atoms with Crippen LogP contribution in [0.1, 0.15) is 12.0 Å². The number of aliphatic hydroxyl groups is 2. The molecule has 0 spiro atoms. The SMILES string of the molecule is COc1cc(CO)ccc1OCCC(N)CO. The maximum absolute atomic E-state index is 8.99. The summed E-state index contributed by atoms with van der Waals surface area (Å²) in [5.74, 6) is 1.18. The van der Waals surface area contributed by atoms with Gasteiger partial charge in [0, 0.05) is 6.04 Å². The molecule has 0 aliphatic heterocycles. The predicted octanol–water partition coefficient (Wildman–Crippen LogP) is 0.276. The van der Waals surface area contributed by atoms with Crippen LogP contribution >= 0.6 is 0 Å². The summed E-state index contributed by atoms with van der Waals surface area (Å²) in [5.41, 5.74) is 6.32. The van der Waals surface area contributed by atoms with Crippen LogP contribution in [-0.4, -0.2) is 36.6 Å². The van der Waals surface area contributed by atoms with Crippen molar-refractivity contribution in [3.05, 3.63) is 23.8 Å². The molecule has 0 bridgehead atoms. The van der Waals surface area contributed by atoms with E-state index in [4.69, 9.17) is 25.4 Å². The zero-order valence-electron chi connectivity index (χ0n) is 9.93. The smallest absolute Gasteiger partial charge is 0.161 e. The highest BCUT2D eigenvalue weighted by atomic mass is 16.5. The number of methoxy groups -OCH3 is 1. The van der Waals surface area contributed by atoms with Crippen molar-refractivity contribution in [2.75, 3.05) is 20.3 Å². The molecule has 0 saturated heterocycles. The van der Waals surface area contributed by atoms with Crippen LogP contribution in [0.3, 0.4) is 0 Å². The van der Waals surface area contributed by atoms with Crippen LogP contribution < -0.4 is 15.2 Å². The fourth-order valence-corrected chi connectivity index (χ4v) is 1.34. The second kappa shape index (κ2) is 7.11. The lowest BCUT2D eigenvalue weighted by atomic mass is 10.2. The van der Waals surface area contributed by atoms with E-state index in [2.05, 4.69) is 0 Å². The van der Waals surface area contributed by atoms with Crippen LogP contribution in [-0.2, 0) is 6.61 Å². The van der Waals surface area contributed by atoms with Gasteiger partial charge in [-0.15, -0.1) is 0 Å². The van der Waals surface area contributed by atoms with E-state index >= 15 is 0 Å². The molecule has 0 radical (unpaired) electrons. The topological polar surface area (TPSA) is 84.9 Å². The van der Waals surface area contributed by atoms with E-state index in [1.165, 1.54) is 0 Å². The minimum atomic E-state index is -0.266. The molecule has 0 heterocycles. The highest BCUT2D eigenvalue weighted by Gasteiger charge is 2.06. The Balaban J connectivity index is 2.58. The monoisotopic (exact) mass is 241 g/mol. The lowest BCUT2D eigenvalue weighted by molar-refractivity contribution is 0.226. The average molecular weight is 241 g/mol. The van der Waals surface area contributed by atoms with Gasteiger partial charge in [0.1, 0.15) is 0 Å². The molecule has 0 aliphatic carbocycles. The van der Waals surface area contributed by atoms with Gasteiger partial charge in [-0.25, -0.2) is 0 Å². The summed E-state index contributed by atoms with van der Waals surface area (Å²) in [7, 11) is 1.54. The van der Waals surface area contributed by atoms with E-state index in [9.17, 15) is 0 Å². The molecule has 1 aromatic carbocycles. The number of aliphatic hydroxyl groups excluding tert-OH is 2. The molecule has 0 amide bonds. The van der Waals surface area contributed by atoms with E-state index < -0.39 is 0 Å². The van der Waals surface area contributed by atoms with Crippen LogP contribution in [0.5, 0.6) is 11.5 Å². The first kappa shape index (κ1) is 13.8. The Hall–Kier alpha value is -1.30. The number of ether oxygens (including phenoxy) is 2. The van der Waals surface area contributed by atoms with Gasteiger partial charge < -0.3 is 25.4 Å². The summed E-state index contributed by atoms with van der Waals surface area (Å²) in [5, 5.41) is 17.8. The maximum Gasteiger partial charge on any atom is 0.161 e. The lowest BCUT2D eigenvalue weighted by Crippen LogP contribution is -2.26. The summed E-state index contributed by atoms with van der Waals surface area (Å²) in [6.07, 6.45) is 0.571. The molecule has 17 heavy (non-hydrogen) atoms. The van der Waals surface area contributed by atoms with Crippen LogP contribution in [0, 0.1) is 0 Å². The zero-order valence-corrected chi connectivity index (χ0v) is 9.93. The summed E-state index contributed by atoms with van der Waals surface area (Å²) < 4.78 is 10.7. The van der Waals surface area contributed by atoms with E-state index in [1.54, 1.807) is 25.3 Å². The highest BCUT2D eigenvalue weighted by molar-refractivity contribution is 5.42. The van der Waals surface area contributed by atoms with E-state index in [0.717, 1.165) is 5.56 Å². The third-order valence-corrected chi connectivity index (χ3v) is 2.39. The normalized spacial score (nSPS) is 12.2. The molecule has 1 atom stereocenters. The van der Waals surface area contributed by atoms with Crippen LogP contribution in [0.25, 0.3) is 0 Å². The number of hydrogen-bond donors (Lipinski definition) is 3. The van der Waals surface area contributed by atoms with Crippen molar-refractivity contribution in [2.24, 2.45) is 5.73 Å². The summed E-state index contributed by atoms with van der Waals surface area (Å²) in [6, 6.07) is 4.97. The summed E-state index contributed by atoms with van der Waals surface area (Å²) in [6.45, 7) is 0.326. The largest absolute Gasteiger partial charge is 0.493 e. The predicted molar refractivity (Wildman–Crippen MR) is 64.1 cm³/mol. The van der Waals surface area contributed by atoms with Gasteiger partial charge in [0.15, 0.2) is 11.5 Å². The first-order valence-corrected chi connectivity index (χ1v) is 5.48. The first-order valence-electron chi connectivity index (χ1n) is 5.48. The third kappa shape index (κ3) is 4.22. The van der Waals surface area contributed by atoms with Gasteiger partial charge in [-0.3, -0.25) is 0 Å². The standard InChI is InChI=1S/C12H19NO4/c1-16-12-6-9(7-14)2-3-11(12)17-5-4-10(13)8-15/h2-3,6,10,14-15H,4-5,7-8,13H2,1H3. The van der Waals surface area contributed by atoms with Gasteiger partial charge in [-0.05, 0) is 24.1 Å². The molecule has 0 saturated carbocycles. The molecule has 1 rings (SSSR count). The quantitative estimate of drug-likeness (QED) is 0.638. The van der Waals surface area contributed by atoms with Crippen molar-refractivity contribution in [1.82, 2.24) is 0 Å². The summed E-state index contributed by atoms with van der Waals surface area (Å²) in [4.78, 5) is 0. The molecule has 1 aromatic rings. The minimum absolute atomic E-state index is 0.0357. The molecule has 5 heteroatoms. The second-order valence-electron chi connectivity index (χ2n) is 3.72. The number of nitrogens with two attached hydrogens (primary N) is 1. The maximum atomic E-state index is 8.99. The summed E-state index contributed by atoms with van der Waals surface area (Å²) >= 11 is 0. The molecule has 0 aliphatic rings. The Labute approximate surface area is 101 Å². The van der Waals surface area contributed by atoms with Crippen LogP contribution in [0.2, 0.25) is 0 Å². The Bertz CT molecular complexity index is 343. The zero-order chi connectivity index (χ0) is 12.7. The molecule has 4 N–H and O–H groups in total. The third-order valence-electron chi connectivity index (χ3n) is 2.39. The van der Waals surface area contributed by atoms with Crippen LogP contribution in [0.15, 0.2) is 18.2 Å². The molecular formula is C12H19NO4. The molecule has 1 unspecified atom stereocenters. The average Bonchev–Trinajstić information content (AvgIpc) is 2.38. The first-order chi connectivity index (χ1) is 8.21. The van der Waals surface area contributed by atoms with Gasteiger partial charge in [0.25, 0.3) is 0 Å². The highest BCUT2D eigenvalue weighted by Crippen LogP contribution is 2.28. The Kier molecular flexibility index (Phi) is 5.76. The fraction of sp³-hybridized carbons (Fsp3) is 0.500. The number of benzene rings is 1. The van der Waals surface area contributed by atoms with Gasteiger partial charge in [-0.1, -0.05) is 6.07 Å². The van der Waals surface area contributed by atoms with Gasteiger partial charge in [0.05, 0.1) is 26.9 Å². The van der Waals surface area contributed by atoms with Gasteiger partial charge >= 0.3 is 0 Å². The van der Waals surface area contributed by atoms with Crippen molar-refractivity contribution in [3.63, 3.8) is 0 Å². The lowest BCUT2D eigenvalue weighted by Gasteiger charge is -2.13. The fourth-order valence-electron chi connectivity index (χ4n) is 1.34. The van der Waals surface area contributed by atoms with Crippen molar-refractivity contribution >= 4 is 0 Å². The Morgan fingerprint density at radius 3 is 2.65 bits per heavy atom. The van der Waals surface area contributed by atoms with E-state index in [1.807, 2.05) is 0 Å². The molecule has 96 valence electrons. The van der Waals surface area contributed by atoms with Crippen LogP contribution in [0.4, 0.5) is 0 Å². The molecule has 0 fully saturated rings. The Morgan fingerprint density at radius 2 is 2.06 bits per heavy atom. The molecule has 0 aromatic heterocycles. The Morgan fingerprint density at radius 1 is 1.29 bits per heavy atom. The van der Waals surface area contributed by atoms with E-state index in [-0.39, 0.29) is 19.3 Å². The number of rotatable bonds is 7. The van der Waals surface area contributed by atoms with E-state index in [0.29, 0.717) is 24.5 Å².